The van der Waals surface area contributed by atoms with E-state index in [4.69, 9.17) is 9.84 Å². The van der Waals surface area contributed by atoms with E-state index in [9.17, 15) is 4.79 Å². The number of aliphatic carboxylic acids is 1. The summed E-state index contributed by atoms with van der Waals surface area (Å²) in [6, 6.07) is 0. The first-order valence-corrected chi connectivity index (χ1v) is 8.32. The van der Waals surface area contributed by atoms with E-state index < -0.39 is 5.97 Å². The highest BCUT2D eigenvalue weighted by atomic mass is 33.1. The molecule has 0 bridgehead atoms. The molecule has 0 atom stereocenters. The smallest absolute Gasteiger partial charge is 0.303 e. The van der Waals surface area contributed by atoms with Gasteiger partial charge in [0.15, 0.2) is 0 Å². The fourth-order valence-corrected chi connectivity index (χ4v) is 3.54. The molecule has 0 aliphatic carbocycles. The van der Waals surface area contributed by atoms with Crippen LogP contribution in [0.3, 0.4) is 0 Å². The largest absolute Gasteiger partial charge is 0.481 e. The number of rotatable bonds is 9. The molecule has 0 saturated heterocycles. The van der Waals surface area contributed by atoms with Crippen LogP contribution in [-0.4, -0.2) is 34.3 Å². The topological polar surface area (TPSA) is 46.5 Å². The van der Waals surface area contributed by atoms with E-state index in [1.54, 1.807) is 10.8 Å². The van der Waals surface area contributed by atoms with Crippen molar-refractivity contribution in [3.8, 4) is 0 Å². The lowest BCUT2D eigenvalue weighted by molar-refractivity contribution is -0.138. The Morgan fingerprint density at radius 2 is 1.82 bits per heavy atom. The van der Waals surface area contributed by atoms with Crippen LogP contribution in [0, 0.1) is 0 Å². The molecule has 0 aromatic rings. The molecule has 0 aromatic heterocycles. The van der Waals surface area contributed by atoms with Gasteiger partial charge in [-0.1, -0.05) is 21.6 Å². The molecule has 0 aliphatic rings. The second-order valence-electron chi connectivity index (χ2n) is 5.26. The fourth-order valence-electron chi connectivity index (χ4n) is 1.32. The van der Waals surface area contributed by atoms with Crippen LogP contribution >= 0.6 is 21.6 Å². The van der Waals surface area contributed by atoms with Gasteiger partial charge in [0.05, 0.1) is 5.60 Å². The molecule has 0 aliphatic heterocycles. The Hall–Kier alpha value is 0.130. The molecule has 0 aromatic carbocycles. The minimum atomic E-state index is -0.764. The van der Waals surface area contributed by atoms with E-state index in [1.165, 1.54) is 0 Å². The second kappa shape index (κ2) is 7.54. The summed E-state index contributed by atoms with van der Waals surface area (Å²) in [5, 5.41) is 8.64. The number of carbonyl (C=O) groups is 1. The first kappa shape index (κ1) is 17.1. The fraction of sp³-hybridized carbons (Fsp3) is 0.917. The highest BCUT2D eigenvalue weighted by Gasteiger charge is 2.23. The van der Waals surface area contributed by atoms with E-state index >= 15 is 0 Å². The summed E-state index contributed by atoms with van der Waals surface area (Å²) in [4.78, 5) is 10.5. The molecule has 0 amide bonds. The quantitative estimate of drug-likeness (QED) is 0.650. The van der Waals surface area contributed by atoms with Crippen molar-refractivity contribution >= 4 is 27.6 Å². The molecule has 0 heterocycles. The molecule has 0 spiro atoms. The van der Waals surface area contributed by atoms with Crippen molar-refractivity contribution in [2.45, 2.75) is 57.3 Å². The Kier molecular flexibility index (Phi) is 7.60. The highest BCUT2D eigenvalue weighted by Crippen LogP contribution is 2.36. The minimum Gasteiger partial charge on any atom is -0.481 e. The van der Waals surface area contributed by atoms with Crippen LogP contribution in [0.4, 0.5) is 0 Å². The standard InChI is InChI=1S/C12H24O3S2/c1-11(2,7-6-10(13)14)15-9-8-12(3,4)17-16-5/h6-9H2,1-5H3,(H,13,14). The van der Waals surface area contributed by atoms with Crippen LogP contribution in [0.2, 0.25) is 0 Å². The molecule has 17 heavy (non-hydrogen) atoms. The van der Waals surface area contributed by atoms with Gasteiger partial charge in [-0.15, -0.1) is 0 Å². The Bertz CT molecular complexity index is 240. The summed E-state index contributed by atoms with van der Waals surface area (Å²) in [7, 11) is 3.61. The van der Waals surface area contributed by atoms with Gasteiger partial charge in [-0.05, 0) is 46.8 Å². The summed E-state index contributed by atoms with van der Waals surface area (Å²) < 4.78 is 5.97. The van der Waals surface area contributed by atoms with Gasteiger partial charge in [-0.25, -0.2) is 0 Å². The van der Waals surface area contributed by atoms with Crippen LogP contribution in [-0.2, 0) is 9.53 Å². The molecule has 0 unspecified atom stereocenters. The average molecular weight is 280 g/mol. The lowest BCUT2D eigenvalue weighted by Gasteiger charge is -2.28. The van der Waals surface area contributed by atoms with Crippen molar-refractivity contribution in [1.29, 1.82) is 0 Å². The van der Waals surface area contributed by atoms with E-state index in [1.807, 2.05) is 24.6 Å². The van der Waals surface area contributed by atoms with Crippen molar-refractivity contribution in [1.82, 2.24) is 0 Å². The first-order chi connectivity index (χ1) is 7.68. The second-order valence-corrected chi connectivity index (χ2v) is 8.37. The molecule has 0 fully saturated rings. The summed E-state index contributed by atoms with van der Waals surface area (Å²) >= 11 is 0. The number of ether oxygens (including phenoxy) is 1. The van der Waals surface area contributed by atoms with Crippen LogP contribution in [0.1, 0.15) is 47.0 Å². The monoisotopic (exact) mass is 280 g/mol. The van der Waals surface area contributed by atoms with Crippen molar-refractivity contribution in [2.75, 3.05) is 12.9 Å². The Morgan fingerprint density at radius 1 is 1.24 bits per heavy atom. The Morgan fingerprint density at radius 3 is 2.29 bits per heavy atom. The molecule has 1 N–H and O–H groups in total. The molecular formula is C12H24O3S2. The SMILES string of the molecule is CSSC(C)(C)CCOC(C)(C)CCC(=O)O. The zero-order valence-corrected chi connectivity index (χ0v) is 13.0. The summed E-state index contributed by atoms with van der Waals surface area (Å²) in [5.41, 5.74) is -0.349. The van der Waals surface area contributed by atoms with E-state index in [2.05, 4.69) is 20.1 Å². The third-order valence-electron chi connectivity index (χ3n) is 2.45. The van der Waals surface area contributed by atoms with Crippen molar-refractivity contribution in [2.24, 2.45) is 0 Å². The van der Waals surface area contributed by atoms with Crippen LogP contribution in [0.25, 0.3) is 0 Å². The Labute approximate surface area is 112 Å². The third-order valence-corrected chi connectivity index (χ3v) is 5.12. The van der Waals surface area contributed by atoms with Gasteiger partial charge in [0.2, 0.25) is 0 Å². The maximum Gasteiger partial charge on any atom is 0.303 e. The lowest BCUT2D eigenvalue weighted by atomic mass is 10.0. The van der Waals surface area contributed by atoms with Gasteiger partial charge in [0.1, 0.15) is 0 Å². The molecule has 3 nitrogen and oxygen atoms in total. The van der Waals surface area contributed by atoms with Gasteiger partial charge >= 0.3 is 5.97 Å². The average Bonchev–Trinajstić information content (AvgIpc) is 2.14. The molecule has 0 radical (unpaired) electrons. The number of carboxylic acids is 1. The van der Waals surface area contributed by atoms with Gasteiger partial charge in [-0.2, -0.15) is 0 Å². The molecule has 0 rings (SSSR count). The summed E-state index contributed by atoms with van der Waals surface area (Å²) in [6.07, 6.45) is 3.76. The predicted molar refractivity (Wildman–Crippen MR) is 76.7 cm³/mol. The highest BCUT2D eigenvalue weighted by molar-refractivity contribution is 8.76. The summed E-state index contributed by atoms with van der Waals surface area (Å²) in [5.74, 6) is -0.764. The predicted octanol–water partition coefficient (Wildman–Crippen LogP) is 3.83. The van der Waals surface area contributed by atoms with Crippen LogP contribution in [0.15, 0.2) is 0 Å². The van der Waals surface area contributed by atoms with E-state index in [0.717, 1.165) is 6.42 Å². The van der Waals surface area contributed by atoms with E-state index in [0.29, 0.717) is 13.0 Å². The summed E-state index contributed by atoms with van der Waals surface area (Å²) in [6.45, 7) is 8.96. The van der Waals surface area contributed by atoms with Crippen LogP contribution in [0.5, 0.6) is 0 Å². The third kappa shape index (κ3) is 9.80. The molecular weight excluding hydrogens is 256 g/mol. The van der Waals surface area contributed by atoms with Gasteiger partial charge in [-0.3, -0.25) is 4.79 Å². The number of hydrogen-bond acceptors (Lipinski definition) is 4. The van der Waals surface area contributed by atoms with Crippen molar-refractivity contribution in [3.05, 3.63) is 0 Å². The molecule has 5 heteroatoms. The first-order valence-electron chi connectivity index (χ1n) is 5.76. The van der Waals surface area contributed by atoms with Crippen LogP contribution < -0.4 is 0 Å². The molecule has 102 valence electrons. The zero-order chi connectivity index (χ0) is 13.5. The maximum atomic E-state index is 10.5. The van der Waals surface area contributed by atoms with Gasteiger partial charge in [0, 0.05) is 17.8 Å². The lowest BCUT2D eigenvalue weighted by Crippen LogP contribution is -2.28. The normalized spacial score (nSPS) is 12.8. The minimum absolute atomic E-state index is 0.163. The number of carboxylic acid groups (broad SMARTS) is 1. The van der Waals surface area contributed by atoms with Gasteiger partial charge < -0.3 is 9.84 Å². The van der Waals surface area contributed by atoms with Gasteiger partial charge in [0.25, 0.3) is 0 Å². The Balaban J connectivity index is 3.89. The van der Waals surface area contributed by atoms with E-state index in [-0.39, 0.29) is 16.8 Å². The van der Waals surface area contributed by atoms with Crippen molar-refractivity contribution in [3.63, 3.8) is 0 Å². The zero-order valence-electron chi connectivity index (χ0n) is 11.4. The van der Waals surface area contributed by atoms with Crippen molar-refractivity contribution < 1.29 is 14.6 Å². The number of hydrogen-bond donors (Lipinski definition) is 1. The maximum absolute atomic E-state index is 10.5. The molecule has 0 saturated carbocycles.